The van der Waals surface area contributed by atoms with Crippen molar-refractivity contribution in [3.63, 3.8) is 0 Å². The van der Waals surface area contributed by atoms with Crippen LogP contribution in [0.25, 0.3) is 22.6 Å². The molecule has 0 aliphatic carbocycles. The first-order chi connectivity index (χ1) is 12.1. The first kappa shape index (κ1) is 15.4. The predicted octanol–water partition coefficient (Wildman–Crippen LogP) is 2.37. The molecule has 1 aromatic carbocycles. The van der Waals surface area contributed by atoms with Crippen LogP contribution in [-0.4, -0.2) is 27.0 Å². The molecular formula is C19H19N5O. The van der Waals surface area contributed by atoms with Gasteiger partial charge in [0.25, 0.3) is 0 Å². The predicted molar refractivity (Wildman–Crippen MR) is 97.0 cm³/mol. The Morgan fingerprint density at radius 1 is 1.20 bits per heavy atom. The van der Waals surface area contributed by atoms with E-state index in [2.05, 4.69) is 14.9 Å². The van der Waals surface area contributed by atoms with Gasteiger partial charge in [0, 0.05) is 24.3 Å². The van der Waals surface area contributed by atoms with Gasteiger partial charge in [0.2, 0.25) is 11.9 Å². The largest absolute Gasteiger partial charge is 0.369 e. The summed E-state index contributed by atoms with van der Waals surface area (Å²) in [7, 11) is 0. The lowest BCUT2D eigenvalue weighted by Crippen LogP contribution is -2.13. The molecule has 2 aromatic heterocycles. The zero-order valence-electron chi connectivity index (χ0n) is 14.0. The number of nitrogens with one attached hydrogen (secondary N) is 1. The molecule has 0 unspecified atom stereocenters. The summed E-state index contributed by atoms with van der Waals surface area (Å²) in [4.78, 5) is 20.5. The van der Waals surface area contributed by atoms with Crippen molar-refractivity contribution in [2.45, 2.75) is 19.9 Å². The fraction of sp³-hybridized carbons (Fsp3) is 0.211. The molecule has 3 aromatic rings. The van der Waals surface area contributed by atoms with E-state index in [1.807, 2.05) is 49.4 Å². The van der Waals surface area contributed by atoms with E-state index in [1.54, 1.807) is 0 Å². The van der Waals surface area contributed by atoms with Crippen molar-refractivity contribution in [2.75, 3.05) is 11.9 Å². The van der Waals surface area contributed by atoms with Crippen LogP contribution in [0.2, 0.25) is 0 Å². The average molecular weight is 333 g/mol. The minimum atomic E-state index is -0.327. The van der Waals surface area contributed by atoms with E-state index in [4.69, 9.17) is 10.7 Å². The SMILES string of the molecule is Cc1cccc(-c2nc3n(c2-c2ccc(CC(N)=O)cc2)CCN3)n1. The molecule has 0 saturated heterocycles. The second-order valence-electron chi connectivity index (χ2n) is 6.22. The minimum Gasteiger partial charge on any atom is -0.369 e. The van der Waals surface area contributed by atoms with Crippen LogP contribution in [0.1, 0.15) is 11.3 Å². The highest BCUT2D eigenvalue weighted by molar-refractivity contribution is 5.81. The van der Waals surface area contributed by atoms with Gasteiger partial charge in [0.05, 0.1) is 17.8 Å². The molecule has 4 rings (SSSR count). The van der Waals surface area contributed by atoms with Crippen molar-refractivity contribution in [3.8, 4) is 22.6 Å². The molecule has 3 heterocycles. The monoisotopic (exact) mass is 333 g/mol. The Hall–Kier alpha value is -3.15. The lowest BCUT2D eigenvalue weighted by Gasteiger charge is -2.09. The number of imidazole rings is 1. The Morgan fingerprint density at radius 2 is 2.00 bits per heavy atom. The van der Waals surface area contributed by atoms with Gasteiger partial charge in [-0.2, -0.15) is 0 Å². The summed E-state index contributed by atoms with van der Waals surface area (Å²) in [5, 5.41) is 3.32. The molecule has 6 nitrogen and oxygen atoms in total. The third kappa shape index (κ3) is 2.87. The number of hydrogen-bond acceptors (Lipinski definition) is 4. The number of hydrogen-bond donors (Lipinski definition) is 2. The standard InChI is InChI=1S/C19H19N5O/c1-12-3-2-4-15(22-12)17-18(24-10-9-21-19(24)23-17)14-7-5-13(6-8-14)11-16(20)25/h2-8H,9-11H2,1H3,(H2,20,25)(H,21,23). The first-order valence-corrected chi connectivity index (χ1v) is 8.28. The second kappa shape index (κ2) is 6.05. The normalized spacial score (nSPS) is 12.7. The van der Waals surface area contributed by atoms with E-state index in [1.165, 1.54) is 0 Å². The van der Waals surface area contributed by atoms with Crippen LogP contribution >= 0.6 is 0 Å². The third-order valence-electron chi connectivity index (χ3n) is 4.32. The quantitative estimate of drug-likeness (QED) is 0.767. The van der Waals surface area contributed by atoms with Crippen LogP contribution in [0.3, 0.4) is 0 Å². The maximum absolute atomic E-state index is 11.1. The van der Waals surface area contributed by atoms with Crippen molar-refractivity contribution in [3.05, 3.63) is 53.7 Å². The zero-order valence-corrected chi connectivity index (χ0v) is 14.0. The number of carbonyl (C=O) groups excluding carboxylic acids is 1. The molecule has 3 N–H and O–H groups in total. The molecule has 6 heteroatoms. The van der Waals surface area contributed by atoms with Gasteiger partial charge in [-0.3, -0.25) is 9.78 Å². The highest BCUT2D eigenvalue weighted by Gasteiger charge is 2.23. The summed E-state index contributed by atoms with van der Waals surface area (Å²) in [6.45, 7) is 3.72. The molecule has 1 aliphatic rings. The van der Waals surface area contributed by atoms with Crippen LogP contribution in [0, 0.1) is 6.92 Å². The Morgan fingerprint density at radius 3 is 2.72 bits per heavy atom. The number of anilines is 1. The van der Waals surface area contributed by atoms with Crippen molar-refractivity contribution in [1.29, 1.82) is 0 Å². The number of benzene rings is 1. The molecule has 0 fully saturated rings. The second-order valence-corrected chi connectivity index (χ2v) is 6.22. The summed E-state index contributed by atoms with van der Waals surface area (Å²) in [5.74, 6) is 0.543. The summed E-state index contributed by atoms with van der Waals surface area (Å²) < 4.78 is 2.18. The lowest BCUT2D eigenvalue weighted by molar-refractivity contribution is -0.117. The average Bonchev–Trinajstić information content (AvgIpc) is 3.16. The number of pyridine rings is 1. The van der Waals surface area contributed by atoms with E-state index in [-0.39, 0.29) is 12.3 Å². The van der Waals surface area contributed by atoms with Gasteiger partial charge in [0.15, 0.2) is 0 Å². The summed E-state index contributed by atoms with van der Waals surface area (Å²) in [6, 6.07) is 13.9. The smallest absolute Gasteiger partial charge is 0.221 e. The van der Waals surface area contributed by atoms with Crippen molar-refractivity contribution >= 4 is 11.9 Å². The van der Waals surface area contributed by atoms with Gasteiger partial charge in [0.1, 0.15) is 5.69 Å². The van der Waals surface area contributed by atoms with E-state index in [0.29, 0.717) is 0 Å². The van der Waals surface area contributed by atoms with Gasteiger partial charge < -0.3 is 15.6 Å². The third-order valence-corrected chi connectivity index (χ3v) is 4.32. The van der Waals surface area contributed by atoms with Crippen LogP contribution in [0.5, 0.6) is 0 Å². The Labute approximate surface area is 145 Å². The molecule has 0 saturated carbocycles. The Kier molecular flexibility index (Phi) is 3.72. The molecule has 25 heavy (non-hydrogen) atoms. The van der Waals surface area contributed by atoms with Crippen LogP contribution in [0.15, 0.2) is 42.5 Å². The molecule has 0 atom stereocenters. The fourth-order valence-electron chi connectivity index (χ4n) is 3.21. The molecule has 1 aliphatic heterocycles. The highest BCUT2D eigenvalue weighted by Crippen LogP contribution is 2.35. The number of fused-ring (bicyclic) bond motifs is 1. The number of nitrogens with zero attached hydrogens (tertiary/aromatic N) is 3. The van der Waals surface area contributed by atoms with Crippen molar-refractivity contribution in [2.24, 2.45) is 5.73 Å². The Bertz CT molecular complexity index is 943. The van der Waals surface area contributed by atoms with Gasteiger partial charge in [-0.25, -0.2) is 4.98 Å². The molecule has 126 valence electrons. The summed E-state index contributed by atoms with van der Waals surface area (Å²) >= 11 is 0. The van der Waals surface area contributed by atoms with Gasteiger partial charge in [-0.05, 0) is 24.6 Å². The fourth-order valence-corrected chi connectivity index (χ4v) is 3.21. The number of nitrogens with two attached hydrogens (primary N) is 1. The molecule has 1 amide bonds. The molecule has 0 bridgehead atoms. The van der Waals surface area contributed by atoms with Crippen LogP contribution < -0.4 is 11.1 Å². The number of amides is 1. The van der Waals surface area contributed by atoms with Gasteiger partial charge in [-0.1, -0.05) is 30.3 Å². The number of aryl methyl sites for hydroxylation is 1. The van der Waals surface area contributed by atoms with E-state index in [9.17, 15) is 4.79 Å². The van der Waals surface area contributed by atoms with Gasteiger partial charge in [-0.15, -0.1) is 0 Å². The molecular weight excluding hydrogens is 314 g/mol. The first-order valence-electron chi connectivity index (χ1n) is 8.28. The van der Waals surface area contributed by atoms with Crippen molar-refractivity contribution < 1.29 is 4.79 Å². The molecule has 0 spiro atoms. The van der Waals surface area contributed by atoms with Crippen molar-refractivity contribution in [1.82, 2.24) is 14.5 Å². The topological polar surface area (TPSA) is 85.8 Å². The highest BCUT2D eigenvalue weighted by atomic mass is 16.1. The summed E-state index contributed by atoms with van der Waals surface area (Å²) in [6.07, 6.45) is 0.249. The number of rotatable bonds is 4. The van der Waals surface area contributed by atoms with E-state index < -0.39 is 0 Å². The van der Waals surface area contributed by atoms with Crippen LogP contribution in [0.4, 0.5) is 5.95 Å². The number of aromatic nitrogens is 3. The molecule has 0 radical (unpaired) electrons. The van der Waals surface area contributed by atoms with E-state index >= 15 is 0 Å². The van der Waals surface area contributed by atoms with Crippen LogP contribution in [-0.2, 0) is 17.8 Å². The maximum Gasteiger partial charge on any atom is 0.221 e. The Balaban J connectivity index is 1.82. The minimum absolute atomic E-state index is 0.249. The lowest BCUT2D eigenvalue weighted by atomic mass is 10.0. The van der Waals surface area contributed by atoms with Gasteiger partial charge >= 0.3 is 0 Å². The summed E-state index contributed by atoms with van der Waals surface area (Å²) in [5.41, 5.74) is 11.0. The zero-order chi connectivity index (χ0) is 17.4. The van der Waals surface area contributed by atoms with E-state index in [0.717, 1.165) is 52.9 Å². The maximum atomic E-state index is 11.1. The number of carbonyl (C=O) groups is 1. The number of primary amides is 1.